The number of ketones is 2. The van der Waals surface area contributed by atoms with E-state index in [0.717, 1.165) is 22.6 Å². The Morgan fingerprint density at radius 1 is 0.949 bits per heavy atom. The lowest BCUT2D eigenvalue weighted by Gasteiger charge is -2.44. The van der Waals surface area contributed by atoms with E-state index in [4.69, 9.17) is 16.3 Å². The predicted molar refractivity (Wildman–Crippen MR) is 153 cm³/mol. The van der Waals surface area contributed by atoms with Crippen molar-refractivity contribution in [2.45, 2.75) is 66.2 Å². The van der Waals surface area contributed by atoms with E-state index in [1.165, 1.54) is 0 Å². The lowest BCUT2D eigenvalue weighted by Crippen LogP contribution is -2.42. The first-order valence-corrected chi connectivity index (χ1v) is 13.8. The number of hydrogen-bond donors (Lipinski definition) is 2. The SMILES string of the molecule is Cc1ccccc1NC(=O)COc1ccc(Cl)cc1C1C2=C(CC(C)(C)CC2=O)NC2=C1C(=O)CC(C)(C)C2. The molecule has 6 nitrogen and oxygen atoms in total. The van der Waals surface area contributed by atoms with E-state index in [0.29, 0.717) is 53.2 Å². The van der Waals surface area contributed by atoms with Crippen LogP contribution in [0, 0.1) is 17.8 Å². The highest BCUT2D eigenvalue weighted by atomic mass is 35.5. The molecule has 0 radical (unpaired) electrons. The van der Waals surface area contributed by atoms with Crippen molar-refractivity contribution in [3.05, 3.63) is 81.2 Å². The molecule has 2 aromatic carbocycles. The van der Waals surface area contributed by atoms with E-state index in [-0.39, 0.29) is 34.9 Å². The average Bonchev–Trinajstić information content (AvgIpc) is 2.82. The van der Waals surface area contributed by atoms with Gasteiger partial charge in [-0.2, -0.15) is 0 Å². The third-order valence-corrected chi connectivity index (χ3v) is 8.01. The largest absolute Gasteiger partial charge is 0.483 e. The van der Waals surface area contributed by atoms with Crippen molar-refractivity contribution in [1.29, 1.82) is 0 Å². The molecule has 0 saturated heterocycles. The molecule has 1 amide bonds. The summed E-state index contributed by atoms with van der Waals surface area (Å²) in [5, 5.41) is 6.88. The normalized spacial score (nSPS) is 20.3. The molecule has 0 fully saturated rings. The number of carbonyl (C=O) groups excluding carboxylic acids is 3. The van der Waals surface area contributed by atoms with Crippen molar-refractivity contribution >= 4 is 34.8 Å². The minimum atomic E-state index is -0.600. The first-order chi connectivity index (χ1) is 18.3. The second-order valence-corrected chi connectivity index (χ2v) is 13.0. The van der Waals surface area contributed by atoms with Crippen molar-refractivity contribution < 1.29 is 19.1 Å². The fourth-order valence-electron chi connectivity index (χ4n) is 6.12. The molecule has 3 aliphatic rings. The standard InChI is InChI=1S/C32H35ClN2O4/c1-18-8-6-7-9-21(18)35-27(38)17-39-26-11-10-19(33)12-20(26)28-29-22(13-31(2,3)15-24(29)36)34-23-14-32(4,5)16-25(37)30(23)28/h6-12,28,34H,13-17H2,1-5H3,(H,35,38). The highest BCUT2D eigenvalue weighted by Gasteiger charge is 2.47. The molecule has 0 atom stereocenters. The van der Waals surface area contributed by atoms with Gasteiger partial charge < -0.3 is 15.4 Å². The molecule has 2 aliphatic carbocycles. The molecule has 2 N–H and O–H groups in total. The summed E-state index contributed by atoms with van der Waals surface area (Å²) in [4.78, 5) is 40.1. The Hall–Kier alpha value is -3.38. The van der Waals surface area contributed by atoms with Crippen LogP contribution in [-0.2, 0) is 14.4 Å². The van der Waals surface area contributed by atoms with Crippen LogP contribution in [0.15, 0.2) is 65.0 Å². The van der Waals surface area contributed by atoms with E-state index in [1.54, 1.807) is 18.2 Å². The molecular formula is C32H35ClN2O4. The van der Waals surface area contributed by atoms with Crippen molar-refractivity contribution in [1.82, 2.24) is 5.32 Å². The molecule has 0 saturated carbocycles. The molecule has 0 spiro atoms. The second kappa shape index (κ2) is 9.98. The maximum Gasteiger partial charge on any atom is 0.262 e. The molecular weight excluding hydrogens is 512 g/mol. The van der Waals surface area contributed by atoms with Crippen molar-refractivity contribution in [2.75, 3.05) is 11.9 Å². The maximum atomic E-state index is 13.7. The molecule has 1 heterocycles. The number of ether oxygens (including phenoxy) is 1. The number of rotatable bonds is 5. The third-order valence-electron chi connectivity index (χ3n) is 7.78. The third kappa shape index (κ3) is 5.53. The van der Waals surface area contributed by atoms with E-state index < -0.39 is 5.92 Å². The maximum absolute atomic E-state index is 13.7. The quantitative estimate of drug-likeness (QED) is 0.439. The molecule has 204 valence electrons. The highest BCUT2D eigenvalue weighted by molar-refractivity contribution is 6.30. The fourth-order valence-corrected chi connectivity index (χ4v) is 6.30. The number of nitrogens with one attached hydrogen (secondary N) is 2. The summed E-state index contributed by atoms with van der Waals surface area (Å²) in [6, 6.07) is 12.7. The van der Waals surface area contributed by atoms with E-state index >= 15 is 0 Å². The number of dihydropyridines is 1. The molecule has 0 bridgehead atoms. The van der Waals surface area contributed by atoms with Gasteiger partial charge in [-0.15, -0.1) is 0 Å². The highest BCUT2D eigenvalue weighted by Crippen LogP contribution is 2.52. The Balaban J connectivity index is 1.55. The number of hydrogen-bond acceptors (Lipinski definition) is 5. The lowest BCUT2D eigenvalue weighted by atomic mass is 9.64. The van der Waals surface area contributed by atoms with Gasteiger partial charge in [-0.1, -0.05) is 57.5 Å². The van der Waals surface area contributed by atoms with Gasteiger partial charge >= 0.3 is 0 Å². The Morgan fingerprint density at radius 2 is 1.54 bits per heavy atom. The number of allylic oxidation sites excluding steroid dienone is 4. The van der Waals surface area contributed by atoms with Crippen LogP contribution < -0.4 is 15.4 Å². The topological polar surface area (TPSA) is 84.5 Å². The average molecular weight is 547 g/mol. The Bertz CT molecular complexity index is 1400. The summed E-state index contributed by atoms with van der Waals surface area (Å²) in [6.45, 7) is 10.1. The van der Waals surface area contributed by atoms with Gasteiger partial charge in [0.15, 0.2) is 18.2 Å². The number of amides is 1. The van der Waals surface area contributed by atoms with Gasteiger partial charge in [0.25, 0.3) is 5.91 Å². The number of Topliss-reactive ketones (excluding diaryl/α,β-unsaturated/α-hetero) is 2. The molecule has 5 rings (SSSR count). The van der Waals surface area contributed by atoms with Crippen molar-refractivity contribution in [2.24, 2.45) is 10.8 Å². The number of aryl methyl sites for hydroxylation is 1. The lowest BCUT2D eigenvalue weighted by molar-refractivity contribution is -0.120. The van der Waals surface area contributed by atoms with Crippen LogP contribution in [0.4, 0.5) is 5.69 Å². The summed E-state index contributed by atoms with van der Waals surface area (Å²) in [5.74, 6) is -0.435. The van der Waals surface area contributed by atoms with Crippen molar-refractivity contribution in [3.8, 4) is 5.75 Å². The summed E-state index contributed by atoms with van der Waals surface area (Å²) < 4.78 is 6.07. The van der Waals surface area contributed by atoms with Gasteiger partial charge in [-0.25, -0.2) is 0 Å². The Kier molecular flexibility index (Phi) is 6.96. The molecule has 0 unspecified atom stereocenters. The summed E-state index contributed by atoms with van der Waals surface area (Å²) in [6.07, 6.45) is 2.18. The first-order valence-electron chi connectivity index (χ1n) is 13.4. The number of anilines is 1. The molecule has 0 aromatic heterocycles. The van der Waals surface area contributed by atoms with Gasteiger partial charge in [0, 0.05) is 57.6 Å². The Labute approximate surface area is 234 Å². The number of carbonyl (C=O) groups is 3. The zero-order valence-corrected chi connectivity index (χ0v) is 23.9. The fraction of sp³-hybridized carbons (Fsp3) is 0.406. The number of para-hydroxylation sites is 1. The number of halogens is 1. The van der Waals surface area contributed by atoms with Crippen LogP contribution in [0.2, 0.25) is 5.02 Å². The second-order valence-electron chi connectivity index (χ2n) is 12.6. The van der Waals surface area contributed by atoms with Crippen LogP contribution in [0.25, 0.3) is 0 Å². The van der Waals surface area contributed by atoms with Crippen LogP contribution in [0.5, 0.6) is 5.75 Å². The molecule has 39 heavy (non-hydrogen) atoms. The smallest absolute Gasteiger partial charge is 0.262 e. The summed E-state index contributed by atoms with van der Waals surface area (Å²) >= 11 is 6.48. The van der Waals surface area contributed by atoms with Gasteiger partial charge in [0.1, 0.15) is 5.75 Å². The zero-order chi connectivity index (χ0) is 28.1. The van der Waals surface area contributed by atoms with Crippen molar-refractivity contribution in [3.63, 3.8) is 0 Å². The van der Waals surface area contributed by atoms with Crippen LogP contribution in [0.1, 0.15) is 70.4 Å². The minimum Gasteiger partial charge on any atom is -0.483 e. The summed E-state index contributed by atoms with van der Waals surface area (Å²) in [7, 11) is 0. The predicted octanol–water partition coefficient (Wildman–Crippen LogP) is 6.64. The first kappa shape index (κ1) is 27.2. The van der Waals surface area contributed by atoms with Crippen LogP contribution in [0.3, 0.4) is 0 Å². The van der Waals surface area contributed by atoms with Crippen LogP contribution in [-0.4, -0.2) is 24.1 Å². The van der Waals surface area contributed by atoms with Gasteiger partial charge in [-0.3, -0.25) is 14.4 Å². The monoisotopic (exact) mass is 546 g/mol. The van der Waals surface area contributed by atoms with Gasteiger partial charge in [0.2, 0.25) is 0 Å². The number of benzene rings is 2. The minimum absolute atomic E-state index is 0.0196. The Morgan fingerprint density at radius 3 is 2.13 bits per heavy atom. The van der Waals surface area contributed by atoms with E-state index in [9.17, 15) is 14.4 Å². The summed E-state index contributed by atoms with van der Waals surface area (Å²) in [5.41, 5.74) is 4.87. The van der Waals surface area contributed by atoms with E-state index in [1.807, 2.05) is 31.2 Å². The zero-order valence-electron chi connectivity index (χ0n) is 23.2. The van der Waals surface area contributed by atoms with Gasteiger partial charge in [0.05, 0.1) is 0 Å². The molecule has 2 aromatic rings. The van der Waals surface area contributed by atoms with E-state index in [2.05, 4.69) is 38.3 Å². The molecule has 7 heteroatoms. The van der Waals surface area contributed by atoms with Gasteiger partial charge in [-0.05, 0) is 60.4 Å². The van der Waals surface area contributed by atoms with Crippen LogP contribution >= 0.6 is 11.6 Å². The molecule has 1 aliphatic heterocycles.